The van der Waals surface area contributed by atoms with Gasteiger partial charge in [-0.3, -0.25) is 0 Å². The first-order chi connectivity index (χ1) is 7.04. The van der Waals surface area contributed by atoms with Gasteiger partial charge in [-0.1, -0.05) is 20.8 Å². The number of nitrogen functional groups attached to an aromatic ring is 1. The Morgan fingerprint density at radius 1 is 1.33 bits per heavy atom. The predicted octanol–water partition coefficient (Wildman–Crippen LogP) is 2.00. The highest BCUT2D eigenvalue weighted by atomic mass is 15.1. The van der Waals surface area contributed by atoms with E-state index < -0.39 is 0 Å². The minimum absolute atomic E-state index is 0.577. The smallest absolute Gasteiger partial charge is 0.134 e. The fourth-order valence-electron chi connectivity index (χ4n) is 1.21. The number of hydrogen-bond donors (Lipinski definition) is 2. The SMILES string of the molecule is CCc1nc(N)c(C)c(NCC(C)C)n1. The molecule has 0 spiro atoms. The molecule has 0 fully saturated rings. The van der Waals surface area contributed by atoms with E-state index in [0.717, 1.165) is 30.2 Å². The molecule has 0 aliphatic heterocycles. The molecular weight excluding hydrogens is 188 g/mol. The van der Waals surface area contributed by atoms with Crippen molar-refractivity contribution in [3.8, 4) is 0 Å². The van der Waals surface area contributed by atoms with Gasteiger partial charge in [-0.2, -0.15) is 0 Å². The zero-order valence-corrected chi connectivity index (χ0v) is 9.96. The molecule has 1 rings (SSSR count). The normalized spacial score (nSPS) is 10.7. The Labute approximate surface area is 91.3 Å². The Kier molecular flexibility index (Phi) is 3.88. The third-order valence-corrected chi connectivity index (χ3v) is 2.22. The van der Waals surface area contributed by atoms with Gasteiger partial charge in [0.1, 0.15) is 17.5 Å². The summed E-state index contributed by atoms with van der Waals surface area (Å²) in [5.41, 5.74) is 6.75. The Bertz CT molecular complexity index is 334. The molecule has 0 aliphatic rings. The van der Waals surface area contributed by atoms with E-state index in [1.165, 1.54) is 0 Å². The minimum atomic E-state index is 0.577. The summed E-state index contributed by atoms with van der Waals surface area (Å²) in [6, 6.07) is 0. The molecule has 1 aromatic rings. The number of anilines is 2. The number of hydrogen-bond acceptors (Lipinski definition) is 4. The first-order valence-corrected chi connectivity index (χ1v) is 5.41. The van der Waals surface area contributed by atoms with E-state index in [1.54, 1.807) is 0 Å². The highest BCUT2D eigenvalue weighted by molar-refractivity contribution is 5.54. The number of nitrogens with one attached hydrogen (secondary N) is 1. The molecule has 0 saturated heterocycles. The summed E-state index contributed by atoms with van der Waals surface area (Å²) in [7, 11) is 0. The maximum Gasteiger partial charge on any atom is 0.134 e. The van der Waals surface area contributed by atoms with Crippen LogP contribution in [0.25, 0.3) is 0 Å². The zero-order valence-electron chi connectivity index (χ0n) is 9.96. The largest absolute Gasteiger partial charge is 0.383 e. The van der Waals surface area contributed by atoms with E-state index in [9.17, 15) is 0 Å². The highest BCUT2D eigenvalue weighted by Gasteiger charge is 2.07. The van der Waals surface area contributed by atoms with Crippen LogP contribution in [-0.2, 0) is 6.42 Å². The molecule has 0 amide bonds. The Balaban J connectivity index is 2.90. The Hall–Kier alpha value is -1.32. The molecule has 1 aromatic heterocycles. The number of nitrogens with two attached hydrogens (primary N) is 1. The van der Waals surface area contributed by atoms with Crippen molar-refractivity contribution in [3.63, 3.8) is 0 Å². The minimum Gasteiger partial charge on any atom is -0.383 e. The van der Waals surface area contributed by atoms with E-state index >= 15 is 0 Å². The van der Waals surface area contributed by atoms with Crippen LogP contribution in [0.4, 0.5) is 11.6 Å². The van der Waals surface area contributed by atoms with Gasteiger partial charge in [0.15, 0.2) is 0 Å². The van der Waals surface area contributed by atoms with Crippen LogP contribution in [-0.4, -0.2) is 16.5 Å². The molecule has 0 unspecified atom stereocenters. The highest BCUT2D eigenvalue weighted by Crippen LogP contribution is 2.17. The second-order valence-corrected chi connectivity index (χ2v) is 4.13. The van der Waals surface area contributed by atoms with Crippen molar-refractivity contribution in [1.29, 1.82) is 0 Å². The van der Waals surface area contributed by atoms with E-state index in [-0.39, 0.29) is 0 Å². The lowest BCUT2D eigenvalue weighted by Gasteiger charge is -2.12. The lowest BCUT2D eigenvalue weighted by atomic mass is 10.2. The third kappa shape index (κ3) is 3.08. The summed E-state index contributed by atoms with van der Waals surface area (Å²) in [6.45, 7) is 9.19. The lowest BCUT2D eigenvalue weighted by molar-refractivity contribution is 0.685. The van der Waals surface area contributed by atoms with Gasteiger partial charge in [-0.15, -0.1) is 0 Å². The molecule has 0 atom stereocenters. The summed E-state index contributed by atoms with van der Waals surface area (Å²) >= 11 is 0. The average molecular weight is 208 g/mol. The van der Waals surface area contributed by atoms with E-state index in [0.29, 0.717) is 11.7 Å². The van der Waals surface area contributed by atoms with Crippen molar-refractivity contribution >= 4 is 11.6 Å². The molecule has 84 valence electrons. The van der Waals surface area contributed by atoms with Gasteiger partial charge in [-0.25, -0.2) is 9.97 Å². The van der Waals surface area contributed by atoms with Crippen LogP contribution >= 0.6 is 0 Å². The van der Waals surface area contributed by atoms with E-state index in [4.69, 9.17) is 5.73 Å². The molecule has 0 bridgehead atoms. The summed E-state index contributed by atoms with van der Waals surface area (Å²) in [5, 5.41) is 3.30. The first-order valence-electron chi connectivity index (χ1n) is 5.41. The molecule has 0 saturated carbocycles. The zero-order chi connectivity index (χ0) is 11.4. The standard InChI is InChI=1S/C11H20N4/c1-5-9-14-10(12)8(4)11(15-9)13-6-7(2)3/h7H,5-6H2,1-4H3,(H3,12,13,14,15). The van der Waals surface area contributed by atoms with Crippen LogP contribution in [0.15, 0.2) is 0 Å². The summed E-state index contributed by atoms with van der Waals surface area (Å²) in [5.74, 6) is 2.83. The molecular formula is C11H20N4. The van der Waals surface area contributed by atoms with Crippen molar-refractivity contribution in [3.05, 3.63) is 11.4 Å². The van der Waals surface area contributed by atoms with Crippen molar-refractivity contribution < 1.29 is 0 Å². The first kappa shape index (κ1) is 11.8. The van der Waals surface area contributed by atoms with Gasteiger partial charge >= 0.3 is 0 Å². The molecule has 4 heteroatoms. The number of rotatable bonds is 4. The van der Waals surface area contributed by atoms with Gasteiger partial charge in [0.2, 0.25) is 0 Å². The topological polar surface area (TPSA) is 63.8 Å². The van der Waals surface area contributed by atoms with Crippen molar-refractivity contribution in [2.24, 2.45) is 5.92 Å². The average Bonchev–Trinajstić information content (AvgIpc) is 2.19. The summed E-state index contributed by atoms with van der Waals surface area (Å²) < 4.78 is 0. The van der Waals surface area contributed by atoms with Gasteiger partial charge in [0, 0.05) is 18.5 Å². The van der Waals surface area contributed by atoms with Crippen LogP contribution in [0.1, 0.15) is 32.2 Å². The maximum atomic E-state index is 5.81. The monoisotopic (exact) mass is 208 g/mol. The quantitative estimate of drug-likeness (QED) is 0.794. The molecule has 3 N–H and O–H groups in total. The molecule has 1 heterocycles. The van der Waals surface area contributed by atoms with Crippen LogP contribution in [0.2, 0.25) is 0 Å². The second kappa shape index (κ2) is 4.96. The fraction of sp³-hybridized carbons (Fsp3) is 0.636. The number of nitrogens with zero attached hydrogens (tertiary/aromatic N) is 2. The molecule has 0 radical (unpaired) electrons. The van der Waals surface area contributed by atoms with Gasteiger partial charge in [-0.05, 0) is 12.8 Å². The van der Waals surface area contributed by atoms with Crippen molar-refractivity contribution in [2.75, 3.05) is 17.6 Å². The molecule has 0 aromatic carbocycles. The molecule has 15 heavy (non-hydrogen) atoms. The van der Waals surface area contributed by atoms with E-state index in [2.05, 4.69) is 29.1 Å². The van der Waals surface area contributed by atoms with Crippen molar-refractivity contribution in [1.82, 2.24) is 9.97 Å². The van der Waals surface area contributed by atoms with Crippen LogP contribution in [0.3, 0.4) is 0 Å². The van der Waals surface area contributed by atoms with Crippen LogP contribution < -0.4 is 11.1 Å². The molecule has 0 aliphatic carbocycles. The van der Waals surface area contributed by atoms with Crippen LogP contribution in [0, 0.1) is 12.8 Å². The second-order valence-electron chi connectivity index (χ2n) is 4.13. The van der Waals surface area contributed by atoms with Gasteiger partial charge < -0.3 is 11.1 Å². The fourth-order valence-corrected chi connectivity index (χ4v) is 1.21. The predicted molar refractivity (Wildman–Crippen MR) is 63.9 cm³/mol. The van der Waals surface area contributed by atoms with E-state index in [1.807, 2.05) is 13.8 Å². The molecule has 4 nitrogen and oxygen atoms in total. The van der Waals surface area contributed by atoms with Crippen LogP contribution in [0.5, 0.6) is 0 Å². The van der Waals surface area contributed by atoms with Gasteiger partial charge in [0.05, 0.1) is 0 Å². The number of aryl methyl sites for hydroxylation is 1. The third-order valence-electron chi connectivity index (χ3n) is 2.22. The maximum absolute atomic E-state index is 5.81. The number of aromatic nitrogens is 2. The lowest BCUT2D eigenvalue weighted by Crippen LogP contribution is -2.13. The Morgan fingerprint density at radius 3 is 2.53 bits per heavy atom. The summed E-state index contributed by atoms with van der Waals surface area (Å²) in [4.78, 5) is 8.63. The van der Waals surface area contributed by atoms with Gasteiger partial charge in [0.25, 0.3) is 0 Å². The Morgan fingerprint density at radius 2 is 2.00 bits per heavy atom. The van der Waals surface area contributed by atoms with Crippen molar-refractivity contribution in [2.45, 2.75) is 34.1 Å². The summed E-state index contributed by atoms with van der Waals surface area (Å²) in [6.07, 6.45) is 0.806.